The molecule has 0 nitrogen and oxygen atoms in total. The van der Waals surface area contributed by atoms with E-state index >= 15 is 0 Å². The van der Waals surface area contributed by atoms with Crippen molar-refractivity contribution >= 4 is 65.4 Å². The number of rotatable bonds is 4. The zero-order chi connectivity index (χ0) is 31.7. The van der Waals surface area contributed by atoms with Gasteiger partial charge in [0.2, 0.25) is 0 Å². The number of hydrogen-bond donors (Lipinski definition) is 0. The Balaban J connectivity index is 1.81. The minimum atomic E-state index is -5.32. The average Bonchev–Trinajstić information content (AvgIpc) is 3.62. The molecule has 5 heteroatoms. The van der Waals surface area contributed by atoms with Crippen LogP contribution in [0.2, 0.25) is 3.63 Å². The van der Waals surface area contributed by atoms with E-state index in [1.165, 1.54) is 40.5 Å². The van der Waals surface area contributed by atoms with Crippen LogP contribution < -0.4 is 0 Å². The molecule has 0 amide bonds. The van der Waals surface area contributed by atoms with Crippen LogP contribution in [0.15, 0.2) is 109 Å². The van der Waals surface area contributed by atoms with Crippen molar-refractivity contribution in [2.45, 2.75) is 59.6 Å². The third-order valence-electron chi connectivity index (χ3n) is 9.38. The molecule has 0 N–H and O–H groups in total. The van der Waals surface area contributed by atoms with Crippen molar-refractivity contribution in [3.8, 4) is 11.1 Å². The molecule has 0 saturated carbocycles. The normalized spacial score (nSPS) is 15.5. The topological polar surface area (TPSA) is 0 Å². The molecule has 44 heavy (non-hydrogen) atoms. The summed E-state index contributed by atoms with van der Waals surface area (Å²) in [6.07, 6.45) is 8.78. The standard InChI is InChI=1S/C21H25.C13H8I2.C5H5.2ClH.Zr/c1-20(2,3)16-9-7-14-11-15-8-10-17(21(4,5)6)13-19(15)18(14)12-16;14-12-5-1-10(2-6-12)9-11-3-7-13(15)8-4-11;1-2-4-5-3-1;;;/h7-13H,1-6H3;1-8H;1-5H;2*1H;/q;;;;;+2/p-2. The van der Waals surface area contributed by atoms with Crippen LogP contribution in [0.4, 0.5) is 0 Å². The SMILES string of the molecule is CC(C)(C)c1ccc2c(c1)-c1cc(C(C)(C)C)ccc1[CH]2[Zr]([Cl])([Cl])(=[C](c1ccc(I)cc1)c1ccc(I)cc1)[CH]1C=CC=C1. The molecule has 4 aromatic rings. The van der Waals surface area contributed by atoms with E-state index in [9.17, 15) is 0 Å². The van der Waals surface area contributed by atoms with Gasteiger partial charge in [0.25, 0.3) is 0 Å². The van der Waals surface area contributed by atoms with Crippen LogP contribution >= 0.6 is 62.2 Å². The van der Waals surface area contributed by atoms with E-state index in [2.05, 4.69) is 196 Å². The summed E-state index contributed by atoms with van der Waals surface area (Å²) in [6.45, 7) is 13.7. The molecular formula is C39H38Cl2I2Zr. The second-order valence-electron chi connectivity index (χ2n) is 14.4. The molecule has 0 spiro atoms. The van der Waals surface area contributed by atoms with Gasteiger partial charge in [-0.05, 0) is 0 Å². The van der Waals surface area contributed by atoms with Gasteiger partial charge in [0.1, 0.15) is 0 Å². The molecule has 0 saturated heterocycles. The van der Waals surface area contributed by atoms with Gasteiger partial charge in [0, 0.05) is 0 Å². The van der Waals surface area contributed by atoms with E-state index < -0.39 is 15.9 Å². The second-order valence-corrected chi connectivity index (χ2v) is 37.6. The fourth-order valence-electron chi connectivity index (χ4n) is 6.99. The Kier molecular flexibility index (Phi) is 8.78. The molecule has 4 aromatic carbocycles. The van der Waals surface area contributed by atoms with Crippen molar-refractivity contribution in [2.24, 2.45) is 0 Å². The van der Waals surface area contributed by atoms with Gasteiger partial charge in [-0.25, -0.2) is 0 Å². The maximum atomic E-state index is 8.67. The number of halogens is 4. The summed E-state index contributed by atoms with van der Waals surface area (Å²) in [4.78, 5) is 0. The number of fused-ring (bicyclic) bond motifs is 3. The van der Waals surface area contributed by atoms with Crippen LogP contribution in [-0.2, 0) is 26.7 Å². The predicted octanol–water partition coefficient (Wildman–Crippen LogP) is 12.7. The van der Waals surface area contributed by atoms with Gasteiger partial charge in [-0.15, -0.1) is 0 Å². The van der Waals surface area contributed by atoms with E-state index in [1.54, 1.807) is 0 Å². The first-order chi connectivity index (χ1) is 20.6. The van der Waals surface area contributed by atoms with Gasteiger partial charge >= 0.3 is 302 Å². The van der Waals surface area contributed by atoms with Crippen LogP contribution in [-0.4, -0.2) is 3.21 Å². The summed E-state index contributed by atoms with van der Waals surface area (Å²) >= 11 is -0.567. The zero-order valence-electron chi connectivity index (χ0n) is 26.1. The Bertz CT molecular complexity index is 1770. The summed E-state index contributed by atoms with van der Waals surface area (Å²) in [5, 5.41) is 0. The number of hydrogen-bond acceptors (Lipinski definition) is 0. The first kappa shape index (κ1) is 33.1. The molecule has 0 fully saturated rings. The van der Waals surface area contributed by atoms with Crippen LogP contribution in [0.3, 0.4) is 0 Å². The van der Waals surface area contributed by atoms with Crippen molar-refractivity contribution in [1.82, 2.24) is 0 Å². The van der Waals surface area contributed by atoms with Crippen LogP contribution in [0.25, 0.3) is 11.1 Å². The number of allylic oxidation sites excluding steroid dienone is 4. The predicted molar refractivity (Wildman–Crippen MR) is 206 cm³/mol. The van der Waals surface area contributed by atoms with Gasteiger partial charge < -0.3 is 0 Å². The van der Waals surface area contributed by atoms with Crippen molar-refractivity contribution in [2.75, 3.05) is 0 Å². The third kappa shape index (κ3) is 5.67. The first-order valence-electron chi connectivity index (χ1n) is 15.2. The molecule has 0 heterocycles. The Hall–Kier alpha value is -0.847. The monoisotopic (exact) mass is 920 g/mol. The number of benzene rings is 4. The Labute approximate surface area is 298 Å². The van der Waals surface area contributed by atoms with Gasteiger partial charge in [-0.2, -0.15) is 0 Å². The van der Waals surface area contributed by atoms with E-state index in [0.717, 1.165) is 14.3 Å². The fourth-order valence-corrected chi connectivity index (χ4v) is 27.1. The first-order valence-corrected chi connectivity index (χ1v) is 27.8. The van der Waals surface area contributed by atoms with Crippen LogP contribution in [0, 0.1) is 7.14 Å². The molecule has 0 radical (unpaired) electrons. The van der Waals surface area contributed by atoms with Crippen molar-refractivity contribution in [1.29, 1.82) is 0 Å². The van der Waals surface area contributed by atoms with Crippen molar-refractivity contribution in [3.63, 3.8) is 0 Å². The third-order valence-corrected chi connectivity index (χ3v) is 30.5. The van der Waals surface area contributed by atoms with E-state index in [0.29, 0.717) is 0 Å². The summed E-state index contributed by atoms with van der Waals surface area (Å²) < 4.78 is 3.32. The van der Waals surface area contributed by atoms with E-state index in [-0.39, 0.29) is 18.1 Å². The summed E-state index contributed by atoms with van der Waals surface area (Å²) in [5.41, 5.74) is 9.99. The summed E-state index contributed by atoms with van der Waals surface area (Å²) in [5.74, 6) is 0. The second kappa shape index (κ2) is 11.7. The van der Waals surface area contributed by atoms with Crippen LogP contribution in [0.1, 0.15) is 78.5 Å². The Morgan fingerprint density at radius 2 is 0.977 bits per heavy atom. The Morgan fingerprint density at radius 1 is 0.591 bits per heavy atom. The summed E-state index contributed by atoms with van der Waals surface area (Å²) in [6, 6.07) is 31.7. The fraction of sp³-hybridized carbons (Fsp3) is 0.256. The molecule has 0 aromatic heterocycles. The van der Waals surface area contributed by atoms with Gasteiger partial charge in [0.05, 0.1) is 0 Å². The molecule has 2 aliphatic rings. The minimum absolute atomic E-state index is 0.0193. The Morgan fingerprint density at radius 3 is 1.34 bits per heavy atom. The molecule has 0 unspecified atom stereocenters. The maximum absolute atomic E-state index is 8.67. The molecule has 2 aliphatic carbocycles. The van der Waals surface area contributed by atoms with Crippen molar-refractivity contribution in [3.05, 3.63) is 150 Å². The van der Waals surface area contributed by atoms with Gasteiger partial charge in [-0.3, -0.25) is 0 Å². The molecular weight excluding hydrogens is 884 g/mol. The van der Waals surface area contributed by atoms with Gasteiger partial charge in [-0.1, -0.05) is 0 Å². The van der Waals surface area contributed by atoms with E-state index in [4.69, 9.17) is 17.0 Å². The summed E-state index contributed by atoms with van der Waals surface area (Å²) in [7, 11) is 17.3. The van der Waals surface area contributed by atoms with Crippen LogP contribution in [0.5, 0.6) is 0 Å². The molecule has 0 atom stereocenters. The molecule has 226 valence electrons. The zero-order valence-corrected chi connectivity index (χ0v) is 34.3. The van der Waals surface area contributed by atoms with Crippen molar-refractivity contribution < 1.29 is 15.9 Å². The molecule has 6 rings (SSSR count). The van der Waals surface area contributed by atoms with E-state index in [1.807, 2.05) is 0 Å². The molecule has 0 aliphatic heterocycles. The average molecular weight is 923 g/mol. The molecule has 0 bridgehead atoms. The quantitative estimate of drug-likeness (QED) is 0.179. The van der Waals surface area contributed by atoms with Gasteiger partial charge in [0.15, 0.2) is 0 Å².